The molecule has 0 bridgehead atoms. The number of hydrazine groups is 1. The summed E-state index contributed by atoms with van der Waals surface area (Å²) < 4.78 is 0. The second-order valence-corrected chi connectivity index (χ2v) is 4.12. The summed E-state index contributed by atoms with van der Waals surface area (Å²) in [4.78, 5) is 4.51. The zero-order valence-corrected chi connectivity index (χ0v) is 9.03. The summed E-state index contributed by atoms with van der Waals surface area (Å²) in [5.74, 6) is 6.35. The maximum absolute atomic E-state index is 5.45. The third-order valence-electron chi connectivity index (χ3n) is 2.51. The molecular formula is C12H17N3. The number of amidine groups is 1. The summed E-state index contributed by atoms with van der Waals surface area (Å²) in [5, 5.41) is 0. The van der Waals surface area contributed by atoms with Gasteiger partial charge >= 0.3 is 0 Å². The van der Waals surface area contributed by atoms with Crippen LogP contribution in [0.25, 0.3) is 0 Å². The Bertz CT molecular complexity index is 367. The summed E-state index contributed by atoms with van der Waals surface area (Å²) >= 11 is 0. The fourth-order valence-electron chi connectivity index (χ4n) is 1.57. The number of nitrogens with one attached hydrogen (secondary N) is 1. The lowest BCUT2D eigenvalue weighted by Gasteiger charge is -2.06. The van der Waals surface area contributed by atoms with E-state index in [0.29, 0.717) is 6.04 Å². The number of hydrogen-bond acceptors (Lipinski definition) is 2. The molecule has 1 aliphatic rings. The van der Waals surface area contributed by atoms with E-state index in [-0.39, 0.29) is 0 Å². The number of aliphatic imine (C=N–C) groups is 1. The quantitative estimate of drug-likeness (QED) is 0.339. The number of hydrogen-bond donors (Lipinski definition) is 2. The predicted molar refractivity (Wildman–Crippen MR) is 62.7 cm³/mol. The molecule has 0 aliphatic heterocycles. The van der Waals surface area contributed by atoms with Gasteiger partial charge in [-0.2, -0.15) is 0 Å². The monoisotopic (exact) mass is 203 g/mol. The van der Waals surface area contributed by atoms with Crippen LogP contribution in [0.1, 0.15) is 24.0 Å². The van der Waals surface area contributed by atoms with Gasteiger partial charge in [0.25, 0.3) is 0 Å². The van der Waals surface area contributed by atoms with Gasteiger partial charge < -0.3 is 5.43 Å². The fourth-order valence-corrected chi connectivity index (χ4v) is 1.57. The number of benzene rings is 1. The molecular weight excluding hydrogens is 186 g/mol. The minimum atomic E-state index is 0.515. The molecule has 15 heavy (non-hydrogen) atoms. The van der Waals surface area contributed by atoms with Crippen LogP contribution in [0.4, 0.5) is 0 Å². The van der Waals surface area contributed by atoms with Crippen molar-refractivity contribution in [3.63, 3.8) is 0 Å². The largest absolute Gasteiger partial charge is 0.312 e. The van der Waals surface area contributed by atoms with Gasteiger partial charge in [-0.25, -0.2) is 5.84 Å². The van der Waals surface area contributed by atoms with Gasteiger partial charge in [0.05, 0.1) is 6.04 Å². The lowest BCUT2D eigenvalue weighted by Crippen LogP contribution is -2.32. The summed E-state index contributed by atoms with van der Waals surface area (Å²) in [6.07, 6.45) is 3.21. The number of nitrogens with two attached hydrogens (primary N) is 1. The van der Waals surface area contributed by atoms with Crippen molar-refractivity contribution in [1.29, 1.82) is 0 Å². The van der Waals surface area contributed by atoms with Gasteiger partial charge in [-0.05, 0) is 25.3 Å². The first kappa shape index (κ1) is 10.2. The third-order valence-corrected chi connectivity index (χ3v) is 2.51. The molecule has 0 saturated heterocycles. The van der Waals surface area contributed by atoms with Crippen molar-refractivity contribution in [2.45, 2.75) is 32.2 Å². The van der Waals surface area contributed by atoms with E-state index in [4.69, 9.17) is 5.84 Å². The van der Waals surface area contributed by atoms with Crippen LogP contribution in [0.3, 0.4) is 0 Å². The average Bonchev–Trinajstić information content (AvgIpc) is 3.01. The molecule has 0 unspecified atom stereocenters. The van der Waals surface area contributed by atoms with Gasteiger partial charge in [0.2, 0.25) is 0 Å². The van der Waals surface area contributed by atoms with E-state index in [1.54, 1.807) is 0 Å². The van der Waals surface area contributed by atoms with Crippen LogP contribution in [0.15, 0.2) is 29.3 Å². The lowest BCUT2D eigenvalue weighted by atomic mass is 10.1. The minimum absolute atomic E-state index is 0.515. The number of rotatable bonds is 3. The van der Waals surface area contributed by atoms with Gasteiger partial charge in [-0.3, -0.25) is 4.99 Å². The predicted octanol–water partition coefficient (Wildman–Crippen LogP) is 1.56. The van der Waals surface area contributed by atoms with E-state index in [9.17, 15) is 0 Å². The summed E-state index contributed by atoms with van der Waals surface area (Å²) in [6, 6.07) is 8.94. The maximum Gasteiger partial charge on any atom is 0.115 e. The summed E-state index contributed by atoms with van der Waals surface area (Å²) in [5.41, 5.74) is 5.22. The molecule has 0 heterocycles. The van der Waals surface area contributed by atoms with E-state index < -0.39 is 0 Å². The molecule has 1 aromatic rings. The van der Waals surface area contributed by atoms with E-state index in [1.165, 1.54) is 24.0 Å². The highest BCUT2D eigenvalue weighted by Crippen LogP contribution is 2.23. The SMILES string of the molecule is Cc1cccc(CC(=NC2CC2)NN)c1. The minimum Gasteiger partial charge on any atom is -0.312 e. The highest BCUT2D eigenvalue weighted by Gasteiger charge is 2.20. The second kappa shape index (κ2) is 4.45. The van der Waals surface area contributed by atoms with Gasteiger partial charge in [-0.1, -0.05) is 29.8 Å². The van der Waals surface area contributed by atoms with Crippen LogP contribution in [0.5, 0.6) is 0 Å². The van der Waals surface area contributed by atoms with Crippen molar-refractivity contribution in [3.05, 3.63) is 35.4 Å². The Morgan fingerprint density at radius 2 is 2.33 bits per heavy atom. The topological polar surface area (TPSA) is 50.4 Å². The van der Waals surface area contributed by atoms with Crippen LogP contribution in [0.2, 0.25) is 0 Å². The van der Waals surface area contributed by atoms with Crippen LogP contribution >= 0.6 is 0 Å². The maximum atomic E-state index is 5.45. The van der Waals surface area contributed by atoms with Gasteiger partial charge in [0.15, 0.2) is 0 Å². The smallest absolute Gasteiger partial charge is 0.115 e. The molecule has 1 aromatic carbocycles. The molecule has 0 radical (unpaired) electrons. The Morgan fingerprint density at radius 3 is 2.93 bits per heavy atom. The second-order valence-electron chi connectivity index (χ2n) is 4.12. The first-order valence-corrected chi connectivity index (χ1v) is 5.37. The number of nitrogens with zero attached hydrogens (tertiary/aromatic N) is 1. The standard InChI is InChI=1S/C12H17N3/c1-9-3-2-4-10(7-9)8-12(15-13)14-11-5-6-11/h2-4,7,11H,5-6,8,13H2,1H3,(H,14,15). The molecule has 1 saturated carbocycles. The molecule has 0 amide bonds. The normalized spacial score (nSPS) is 16.5. The van der Waals surface area contributed by atoms with Crippen molar-refractivity contribution in [3.8, 4) is 0 Å². The highest BCUT2D eigenvalue weighted by molar-refractivity contribution is 5.84. The van der Waals surface area contributed by atoms with Crippen LogP contribution in [-0.2, 0) is 6.42 Å². The van der Waals surface area contributed by atoms with E-state index in [0.717, 1.165) is 12.3 Å². The molecule has 3 heteroatoms. The van der Waals surface area contributed by atoms with Gasteiger partial charge in [-0.15, -0.1) is 0 Å². The lowest BCUT2D eigenvalue weighted by molar-refractivity contribution is 0.940. The Balaban J connectivity index is 2.05. The van der Waals surface area contributed by atoms with Crippen molar-refractivity contribution < 1.29 is 0 Å². The third kappa shape index (κ3) is 3.06. The Kier molecular flexibility index (Phi) is 3.02. The fraction of sp³-hybridized carbons (Fsp3) is 0.417. The van der Waals surface area contributed by atoms with Crippen LogP contribution in [-0.4, -0.2) is 11.9 Å². The Morgan fingerprint density at radius 1 is 1.53 bits per heavy atom. The summed E-state index contributed by atoms with van der Waals surface area (Å²) in [6.45, 7) is 2.09. The summed E-state index contributed by atoms with van der Waals surface area (Å²) in [7, 11) is 0. The highest BCUT2D eigenvalue weighted by atomic mass is 15.3. The Hall–Kier alpha value is -1.35. The van der Waals surface area contributed by atoms with Crippen molar-refractivity contribution >= 4 is 5.84 Å². The molecule has 1 aliphatic carbocycles. The molecule has 1 fully saturated rings. The molecule has 80 valence electrons. The van der Waals surface area contributed by atoms with Crippen LogP contribution in [0, 0.1) is 6.92 Å². The Labute approximate surface area is 90.4 Å². The van der Waals surface area contributed by atoms with Crippen molar-refractivity contribution in [2.75, 3.05) is 0 Å². The molecule has 0 spiro atoms. The number of aryl methyl sites for hydroxylation is 1. The van der Waals surface area contributed by atoms with Gasteiger partial charge in [0.1, 0.15) is 5.84 Å². The van der Waals surface area contributed by atoms with Crippen molar-refractivity contribution in [2.24, 2.45) is 10.8 Å². The van der Waals surface area contributed by atoms with Gasteiger partial charge in [0, 0.05) is 6.42 Å². The van der Waals surface area contributed by atoms with E-state index in [1.807, 2.05) is 0 Å². The zero-order valence-electron chi connectivity index (χ0n) is 9.03. The first-order valence-electron chi connectivity index (χ1n) is 5.37. The molecule has 2 rings (SSSR count). The molecule has 0 aromatic heterocycles. The van der Waals surface area contributed by atoms with Crippen molar-refractivity contribution in [1.82, 2.24) is 5.43 Å². The molecule has 3 nitrogen and oxygen atoms in total. The van der Waals surface area contributed by atoms with E-state index >= 15 is 0 Å². The zero-order chi connectivity index (χ0) is 10.7. The van der Waals surface area contributed by atoms with E-state index in [2.05, 4.69) is 41.6 Å². The first-order chi connectivity index (χ1) is 7.28. The molecule has 3 N–H and O–H groups in total. The van der Waals surface area contributed by atoms with Crippen LogP contribution < -0.4 is 11.3 Å². The average molecular weight is 203 g/mol. The molecule has 0 atom stereocenters.